The predicted molar refractivity (Wildman–Crippen MR) is 133 cm³/mol. The third kappa shape index (κ3) is 6.64. The standard InChI is InChI=1S/C26H40N6/c1-2-3-16-27-26-30-19-23(25(32-26)31-22-12-8-5-9-13-22)24-15-14-20(18-29-24)17-28-21-10-6-4-7-11-21/h14-15,18-19,21-22,28H,2-13,16-17H2,1H3,(H2,27,30,31,32). The minimum atomic E-state index is 0.486. The van der Waals surface area contributed by atoms with Gasteiger partial charge in [-0.3, -0.25) is 4.98 Å². The third-order valence-corrected chi connectivity index (χ3v) is 6.85. The van der Waals surface area contributed by atoms with Crippen LogP contribution in [-0.2, 0) is 6.54 Å². The van der Waals surface area contributed by atoms with Crippen LogP contribution in [0.3, 0.4) is 0 Å². The first-order valence-corrected chi connectivity index (χ1v) is 12.9. The summed E-state index contributed by atoms with van der Waals surface area (Å²) in [6.45, 7) is 3.99. The molecule has 0 bridgehead atoms. The average molecular weight is 437 g/mol. The predicted octanol–water partition coefficient (Wildman–Crippen LogP) is 5.92. The van der Waals surface area contributed by atoms with Crippen LogP contribution in [0.2, 0.25) is 0 Å². The van der Waals surface area contributed by atoms with Gasteiger partial charge in [0.2, 0.25) is 5.95 Å². The fraction of sp³-hybridized carbons (Fsp3) is 0.654. The van der Waals surface area contributed by atoms with E-state index in [-0.39, 0.29) is 0 Å². The molecule has 0 spiro atoms. The SMILES string of the molecule is CCCCNc1ncc(-c2ccc(CNC3CCCCC3)cn2)c(NC2CCCCC2)n1. The maximum atomic E-state index is 4.85. The first kappa shape index (κ1) is 23.0. The molecule has 0 amide bonds. The molecule has 6 heteroatoms. The topological polar surface area (TPSA) is 74.8 Å². The van der Waals surface area contributed by atoms with Crippen molar-refractivity contribution in [3.05, 3.63) is 30.1 Å². The summed E-state index contributed by atoms with van der Waals surface area (Å²) >= 11 is 0. The minimum absolute atomic E-state index is 0.486. The summed E-state index contributed by atoms with van der Waals surface area (Å²) in [4.78, 5) is 14.2. The van der Waals surface area contributed by atoms with Gasteiger partial charge in [0.1, 0.15) is 5.82 Å². The summed E-state index contributed by atoms with van der Waals surface area (Å²) < 4.78 is 0. The van der Waals surface area contributed by atoms with Gasteiger partial charge in [-0.2, -0.15) is 4.98 Å². The van der Waals surface area contributed by atoms with Crippen LogP contribution in [0.5, 0.6) is 0 Å². The monoisotopic (exact) mass is 436 g/mol. The summed E-state index contributed by atoms with van der Waals surface area (Å²) in [6, 6.07) is 5.46. The number of hydrogen-bond acceptors (Lipinski definition) is 6. The van der Waals surface area contributed by atoms with Crippen molar-refractivity contribution < 1.29 is 0 Å². The Morgan fingerprint density at radius 1 is 0.875 bits per heavy atom. The molecule has 2 aromatic heterocycles. The molecule has 0 radical (unpaired) electrons. The maximum Gasteiger partial charge on any atom is 0.224 e. The van der Waals surface area contributed by atoms with Gasteiger partial charge >= 0.3 is 0 Å². The highest BCUT2D eigenvalue weighted by molar-refractivity contribution is 5.72. The Kier molecular flexibility index (Phi) is 8.71. The Morgan fingerprint density at radius 2 is 1.62 bits per heavy atom. The molecule has 0 atom stereocenters. The molecular formula is C26H40N6. The van der Waals surface area contributed by atoms with Gasteiger partial charge in [0, 0.05) is 37.6 Å². The zero-order valence-electron chi connectivity index (χ0n) is 19.7. The van der Waals surface area contributed by atoms with E-state index in [1.165, 1.54) is 69.8 Å². The molecular weight excluding hydrogens is 396 g/mol. The van der Waals surface area contributed by atoms with E-state index in [9.17, 15) is 0 Å². The van der Waals surface area contributed by atoms with Crippen molar-refractivity contribution in [2.45, 2.75) is 103 Å². The Hall–Kier alpha value is -2.21. The minimum Gasteiger partial charge on any atom is -0.367 e. The van der Waals surface area contributed by atoms with E-state index in [0.717, 1.165) is 43.0 Å². The number of nitrogens with one attached hydrogen (secondary N) is 3. The zero-order chi connectivity index (χ0) is 22.0. The molecule has 174 valence electrons. The molecule has 2 fully saturated rings. The average Bonchev–Trinajstić information content (AvgIpc) is 2.85. The second-order valence-corrected chi connectivity index (χ2v) is 9.48. The van der Waals surface area contributed by atoms with E-state index in [1.54, 1.807) is 0 Å². The summed E-state index contributed by atoms with van der Waals surface area (Å²) in [7, 11) is 0. The Balaban J connectivity index is 1.46. The summed E-state index contributed by atoms with van der Waals surface area (Å²) in [6.07, 6.45) is 19.3. The van der Waals surface area contributed by atoms with E-state index < -0.39 is 0 Å². The van der Waals surface area contributed by atoms with Gasteiger partial charge < -0.3 is 16.0 Å². The van der Waals surface area contributed by atoms with Gasteiger partial charge in [-0.05, 0) is 43.7 Å². The third-order valence-electron chi connectivity index (χ3n) is 6.85. The van der Waals surface area contributed by atoms with Crippen LogP contribution < -0.4 is 16.0 Å². The molecule has 2 heterocycles. The lowest BCUT2D eigenvalue weighted by Crippen LogP contribution is -2.30. The molecule has 32 heavy (non-hydrogen) atoms. The molecule has 2 aliphatic carbocycles. The molecule has 0 aliphatic heterocycles. The van der Waals surface area contributed by atoms with Crippen LogP contribution in [0, 0.1) is 0 Å². The lowest BCUT2D eigenvalue weighted by atomic mass is 9.95. The molecule has 4 rings (SSSR count). The van der Waals surface area contributed by atoms with Gasteiger partial charge in [-0.1, -0.05) is 57.9 Å². The number of anilines is 2. The van der Waals surface area contributed by atoms with Crippen LogP contribution in [-0.4, -0.2) is 33.6 Å². The summed E-state index contributed by atoms with van der Waals surface area (Å²) in [5.41, 5.74) is 3.16. The second-order valence-electron chi connectivity index (χ2n) is 9.48. The van der Waals surface area contributed by atoms with E-state index >= 15 is 0 Å². The molecule has 6 nitrogen and oxygen atoms in total. The van der Waals surface area contributed by atoms with Crippen LogP contribution in [0.25, 0.3) is 11.3 Å². The van der Waals surface area contributed by atoms with Crippen molar-refractivity contribution in [3.8, 4) is 11.3 Å². The Morgan fingerprint density at radius 3 is 2.31 bits per heavy atom. The first-order valence-electron chi connectivity index (χ1n) is 12.9. The second kappa shape index (κ2) is 12.1. The molecule has 2 saturated carbocycles. The highest BCUT2D eigenvalue weighted by Gasteiger charge is 2.18. The van der Waals surface area contributed by atoms with E-state index in [0.29, 0.717) is 18.0 Å². The molecule has 2 aromatic rings. The lowest BCUT2D eigenvalue weighted by Gasteiger charge is -2.24. The van der Waals surface area contributed by atoms with E-state index in [4.69, 9.17) is 9.97 Å². The van der Waals surface area contributed by atoms with Crippen molar-refractivity contribution in [3.63, 3.8) is 0 Å². The number of pyridine rings is 1. The summed E-state index contributed by atoms with van der Waals surface area (Å²) in [5.74, 6) is 1.61. The molecule has 0 unspecified atom stereocenters. The van der Waals surface area contributed by atoms with Crippen molar-refractivity contribution in [2.24, 2.45) is 0 Å². The lowest BCUT2D eigenvalue weighted by molar-refractivity contribution is 0.372. The van der Waals surface area contributed by atoms with Crippen LogP contribution in [0.4, 0.5) is 11.8 Å². The summed E-state index contributed by atoms with van der Waals surface area (Å²) in [5, 5.41) is 10.8. The van der Waals surface area contributed by atoms with Gasteiger partial charge in [0.05, 0.1) is 11.3 Å². The number of rotatable bonds is 10. The largest absolute Gasteiger partial charge is 0.367 e. The Bertz CT molecular complexity index is 810. The first-order chi connectivity index (χ1) is 15.8. The van der Waals surface area contributed by atoms with Gasteiger partial charge in [0.15, 0.2) is 0 Å². The Labute approximate surface area is 193 Å². The van der Waals surface area contributed by atoms with Gasteiger partial charge in [0.25, 0.3) is 0 Å². The smallest absolute Gasteiger partial charge is 0.224 e. The van der Waals surface area contributed by atoms with Crippen molar-refractivity contribution in [1.82, 2.24) is 20.3 Å². The highest BCUT2D eigenvalue weighted by atomic mass is 15.1. The fourth-order valence-electron chi connectivity index (χ4n) is 4.84. The van der Waals surface area contributed by atoms with Crippen molar-refractivity contribution in [1.29, 1.82) is 0 Å². The molecule has 0 saturated heterocycles. The van der Waals surface area contributed by atoms with Gasteiger partial charge in [-0.15, -0.1) is 0 Å². The number of unbranched alkanes of at least 4 members (excludes halogenated alkanes) is 1. The molecule has 3 N–H and O–H groups in total. The maximum absolute atomic E-state index is 4.85. The van der Waals surface area contributed by atoms with Gasteiger partial charge in [-0.25, -0.2) is 4.98 Å². The van der Waals surface area contributed by atoms with Crippen LogP contribution >= 0.6 is 0 Å². The fourth-order valence-corrected chi connectivity index (χ4v) is 4.84. The van der Waals surface area contributed by atoms with E-state index in [2.05, 4.69) is 40.0 Å². The quantitative estimate of drug-likeness (QED) is 0.402. The highest BCUT2D eigenvalue weighted by Crippen LogP contribution is 2.29. The zero-order valence-corrected chi connectivity index (χ0v) is 19.7. The molecule has 2 aliphatic rings. The van der Waals surface area contributed by atoms with Crippen LogP contribution in [0.1, 0.15) is 89.5 Å². The van der Waals surface area contributed by atoms with Crippen molar-refractivity contribution >= 4 is 11.8 Å². The molecule has 0 aromatic carbocycles. The number of hydrogen-bond donors (Lipinski definition) is 3. The normalized spacial score (nSPS) is 17.9. The number of aromatic nitrogens is 3. The van der Waals surface area contributed by atoms with E-state index in [1.807, 2.05) is 12.4 Å². The van der Waals surface area contributed by atoms with Crippen LogP contribution in [0.15, 0.2) is 24.5 Å². The van der Waals surface area contributed by atoms with Crippen molar-refractivity contribution in [2.75, 3.05) is 17.2 Å². The number of nitrogens with zero attached hydrogens (tertiary/aromatic N) is 3.